The lowest BCUT2D eigenvalue weighted by Crippen LogP contribution is -2.49. The smallest absolute Gasteiger partial charge is 0.412 e. The number of aliphatic imine (C=N–C) groups is 1. The second kappa shape index (κ2) is 10.2. The monoisotopic (exact) mass is 462 g/mol. The zero-order chi connectivity index (χ0) is 21.2. The van der Waals surface area contributed by atoms with Crippen molar-refractivity contribution in [2.75, 3.05) is 31.1 Å². The number of piperazine rings is 1. The molecule has 1 aliphatic rings. The standard InChI is InChI=1S/C18H19F3N6O2.ClH.H2O/c19-18(20,21)12-10-11(15(28)25-17(22)23)3-4-14(12)26-6-8-27(9-7-26)16(29)13-2-1-5-24-13;;/h1-5,10,24H,6-9H2,(H4,22,23,25,28);1H;1H2. The van der Waals surface area contributed by atoms with Crippen LogP contribution < -0.4 is 16.4 Å². The number of amides is 2. The van der Waals surface area contributed by atoms with Crippen molar-refractivity contribution in [1.29, 1.82) is 0 Å². The van der Waals surface area contributed by atoms with E-state index in [2.05, 4.69) is 9.98 Å². The molecule has 0 unspecified atom stereocenters. The summed E-state index contributed by atoms with van der Waals surface area (Å²) < 4.78 is 40.8. The maximum absolute atomic E-state index is 13.6. The van der Waals surface area contributed by atoms with Crippen LogP contribution in [0.3, 0.4) is 0 Å². The molecule has 170 valence electrons. The summed E-state index contributed by atoms with van der Waals surface area (Å²) in [5, 5.41) is 0. The van der Waals surface area contributed by atoms with E-state index in [1.807, 2.05) is 0 Å². The Hall–Kier alpha value is -3.25. The van der Waals surface area contributed by atoms with E-state index in [0.717, 1.165) is 6.07 Å². The molecule has 0 radical (unpaired) electrons. The fraction of sp³-hybridized carbons (Fsp3) is 0.278. The first-order chi connectivity index (χ1) is 13.7. The molecule has 1 aromatic carbocycles. The summed E-state index contributed by atoms with van der Waals surface area (Å²) in [6, 6.07) is 6.55. The van der Waals surface area contributed by atoms with Crippen LogP contribution in [0, 0.1) is 0 Å². The van der Waals surface area contributed by atoms with Crippen molar-refractivity contribution in [1.82, 2.24) is 9.88 Å². The van der Waals surface area contributed by atoms with Gasteiger partial charge >= 0.3 is 6.18 Å². The molecular formula is C18H22ClF3N6O3. The van der Waals surface area contributed by atoms with E-state index in [-0.39, 0.29) is 61.2 Å². The van der Waals surface area contributed by atoms with E-state index in [1.165, 1.54) is 17.0 Å². The Balaban J connectivity index is 0.00000240. The number of aromatic amines is 1. The molecule has 1 aromatic heterocycles. The van der Waals surface area contributed by atoms with E-state index >= 15 is 0 Å². The summed E-state index contributed by atoms with van der Waals surface area (Å²) in [6.07, 6.45) is -3.05. The van der Waals surface area contributed by atoms with Crippen LogP contribution in [0.4, 0.5) is 18.9 Å². The number of hydrogen-bond donors (Lipinski definition) is 3. The molecule has 0 saturated carbocycles. The van der Waals surface area contributed by atoms with Gasteiger partial charge in [-0.05, 0) is 30.3 Å². The zero-order valence-electron chi connectivity index (χ0n) is 16.1. The number of aromatic nitrogens is 1. The van der Waals surface area contributed by atoms with Crippen LogP contribution >= 0.6 is 12.4 Å². The van der Waals surface area contributed by atoms with Crippen LogP contribution in [0.5, 0.6) is 0 Å². The predicted octanol–water partition coefficient (Wildman–Crippen LogP) is 1.01. The topological polar surface area (TPSA) is 152 Å². The average Bonchev–Trinajstić information content (AvgIpc) is 3.20. The minimum absolute atomic E-state index is 0. The van der Waals surface area contributed by atoms with Gasteiger partial charge in [-0.15, -0.1) is 12.4 Å². The van der Waals surface area contributed by atoms with Gasteiger partial charge in [0.1, 0.15) is 5.69 Å². The number of halogens is 4. The molecule has 1 fully saturated rings. The fourth-order valence-electron chi connectivity index (χ4n) is 3.14. The maximum atomic E-state index is 13.6. The number of benzene rings is 1. The molecule has 2 amide bonds. The highest BCUT2D eigenvalue weighted by atomic mass is 35.5. The number of guanidine groups is 1. The first kappa shape index (κ1) is 25.8. The van der Waals surface area contributed by atoms with Crippen molar-refractivity contribution >= 4 is 35.9 Å². The third kappa shape index (κ3) is 5.89. The van der Waals surface area contributed by atoms with Gasteiger partial charge in [0, 0.05) is 43.6 Å². The molecule has 7 N–H and O–H groups in total. The van der Waals surface area contributed by atoms with Gasteiger partial charge in [0.15, 0.2) is 5.96 Å². The highest BCUT2D eigenvalue weighted by Crippen LogP contribution is 2.37. The van der Waals surface area contributed by atoms with E-state index in [9.17, 15) is 22.8 Å². The Morgan fingerprint density at radius 2 is 1.71 bits per heavy atom. The molecule has 3 rings (SSSR count). The molecule has 0 bridgehead atoms. The number of nitrogens with one attached hydrogen (secondary N) is 1. The Morgan fingerprint density at radius 1 is 1.06 bits per heavy atom. The molecule has 31 heavy (non-hydrogen) atoms. The van der Waals surface area contributed by atoms with Crippen molar-refractivity contribution in [3.05, 3.63) is 53.3 Å². The van der Waals surface area contributed by atoms with Crippen molar-refractivity contribution in [2.24, 2.45) is 16.5 Å². The summed E-state index contributed by atoms with van der Waals surface area (Å²) in [6.45, 7) is 0.973. The molecule has 2 aromatic rings. The lowest BCUT2D eigenvalue weighted by atomic mass is 10.1. The first-order valence-corrected chi connectivity index (χ1v) is 8.69. The molecule has 1 saturated heterocycles. The first-order valence-electron chi connectivity index (χ1n) is 8.69. The number of alkyl halides is 3. The quantitative estimate of drug-likeness (QED) is 0.459. The van der Waals surface area contributed by atoms with Gasteiger partial charge in [-0.1, -0.05) is 0 Å². The molecule has 2 heterocycles. The maximum Gasteiger partial charge on any atom is 0.418 e. The summed E-state index contributed by atoms with van der Waals surface area (Å²) in [4.78, 5) is 33.4. The molecular weight excluding hydrogens is 441 g/mol. The van der Waals surface area contributed by atoms with Crippen LogP contribution in [-0.4, -0.2) is 59.3 Å². The van der Waals surface area contributed by atoms with Gasteiger partial charge in [0.25, 0.3) is 11.8 Å². The lowest BCUT2D eigenvalue weighted by molar-refractivity contribution is -0.137. The third-order valence-corrected chi connectivity index (χ3v) is 4.52. The second-order valence-corrected chi connectivity index (χ2v) is 6.43. The van der Waals surface area contributed by atoms with Crippen molar-refractivity contribution in [3.8, 4) is 0 Å². The Morgan fingerprint density at radius 3 is 2.23 bits per heavy atom. The minimum Gasteiger partial charge on any atom is -0.412 e. The molecule has 9 nitrogen and oxygen atoms in total. The van der Waals surface area contributed by atoms with Gasteiger partial charge in [0.2, 0.25) is 0 Å². The Bertz CT molecular complexity index is 938. The van der Waals surface area contributed by atoms with Gasteiger partial charge in [-0.25, -0.2) is 0 Å². The third-order valence-electron chi connectivity index (χ3n) is 4.52. The Labute approximate surface area is 181 Å². The normalized spacial score (nSPS) is 13.6. The highest BCUT2D eigenvalue weighted by Gasteiger charge is 2.36. The van der Waals surface area contributed by atoms with Crippen LogP contribution in [-0.2, 0) is 6.18 Å². The number of hydrogen-bond acceptors (Lipinski definition) is 3. The van der Waals surface area contributed by atoms with E-state index < -0.39 is 23.6 Å². The van der Waals surface area contributed by atoms with Gasteiger partial charge in [-0.2, -0.15) is 18.2 Å². The number of rotatable bonds is 3. The van der Waals surface area contributed by atoms with Crippen LogP contribution in [0.2, 0.25) is 0 Å². The fourth-order valence-corrected chi connectivity index (χ4v) is 3.14. The van der Waals surface area contributed by atoms with Gasteiger partial charge < -0.3 is 31.7 Å². The van der Waals surface area contributed by atoms with E-state index in [1.54, 1.807) is 23.2 Å². The number of H-pyrrole nitrogens is 1. The van der Waals surface area contributed by atoms with Crippen molar-refractivity contribution < 1.29 is 28.2 Å². The average molecular weight is 463 g/mol. The summed E-state index contributed by atoms with van der Waals surface area (Å²) in [5.74, 6) is -1.69. The van der Waals surface area contributed by atoms with E-state index in [0.29, 0.717) is 5.69 Å². The number of carbonyl (C=O) groups is 2. The van der Waals surface area contributed by atoms with Gasteiger partial charge in [0.05, 0.1) is 5.56 Å². The number of carbonyl (C=O) groups excluding carboxylic acids is 2. The van der Waals surface area contributed by atoms with Gasteiger partial charge in [-0.3, -0.25) is 9.59 Å². The van der Waals surface area contributed by atoms with Crippen molar-refractivity contribution in [2.45, 2.75) is 6.18 Å². The van der Waals surface area contributed by atoms with Crippen LogP contribution in [0.15, 0.2) is 41.5 Å². The lowest BCUT2D eigenvalue weighted by Gasteiger charge is -2.37. The second-order valence-electron chi connectivity index (χ2n) is 6.43. The molecule has 0 aliphatic carbocycles. The summed E-state index contributed by atoms with van der Waals surface area (Å²) >= 11 is 0. The van der Waals surface area contributed by atoms with Crippen molar-refractivity contribution in [3.63, 3.8) is 0 Å². The molecule has 1 aliphatic heterocycles. The molecule has 0 spiro atoms. The van der Waals surface area contributed by atoms with Crippen LogP contribution in [0.25, 0.3) is 0 Å². The number of nitrogens with zero attached hydrogens (tertiary/aromatic N) is 3. The largest absolute Gasteiger partial charge is 0.418 e. The van der Waals surface area contributed by atoms with Crippen LogP contribution in [0.1, 0.15) is 26.4 Å². The van der Waals surface area contributed by atoms with E-state index in [4.69, 9.17) is 11.5 Å². The number of anilines is 1. The molecule has 13 heteroatoms. The zero-order valence-corrected chi connectivity index (χ0v) is 17.0. The summed E-state index contributed by atoms with van der Waals surface area (Å²) in [7, 11) is 0. The minimum atomic E-state index is -4.68. The highest BCUT2D eigenvalue weighted by molar-refractivity contribution is 6.02. The molecule has 0 atom stereocenters. The summed E-state index contributed by atoms with van der Waals surface area (Å²) in [5.41, 5.74) is 9.37. The Kier molecular flexibility index (Phi) is 8.46. The number of nitrogens with two attached hydrogens (primary N) is 2. The predicted molar refractivity (Wildman–Crippen MR) is 111 cm³/mol. The SMILES string of the molecule is Cl.NC(N)=NC(=O)c1ccc(N2CCN(C(=O)c3ccc[nH]3)CC2)c(C(F)(F)F)c1.O.